The van der Waals surface area contributed by atoms with Crippen LogP contribution in [0.15, 0.2) is 45.8 Å². The number of H-pyrrole nitrogens is 1. The van der Waals surface area contributed by atoms with E-state index in [2.05, 4.69) is 31.4 Å². The van der Waals surface area contributed by atoms with Crippen LogP contribution >= 0.6 is 15.9 Å². The third-order valence-electron chi connectivity index (χ3n) is 3.61. The van der Waals surface area contributed by atoms with Crippen molar-refractivity contribution < 1.29 is 4.79 Å². The first kappa shape index (κ1) is 15.3. The van der Waals surface area contributed by atoms with Crippen LogP contribution in [0.1, 0.15) is 16.2 Å². The summed E-state index contributed by atoms with van der Waals surface area (Å²) in [4.78, 5) is 25.0. The van der Waals surface area contributed by atoms with Gasteiger partial charge in [-0.1, -0.05) is 18.2 Å². The van der Waals surface area contributed by atoms with Crippen molar-refractivity contribution in [2.24, 2.45) is 7.05 Å². The zero-order chi connectivity index (χ0) is 16.6. The molecule has 0 spiro atoms. The predicted octanol–water partition coefficient (Wildman–Crippen LogP) is 2.22. The molecule has 1 aromatic carbocycles. The minimum absolute atomic E-state index is 0.239. The number of aromatic nitrogens is 4. The van der Waals surface area contributed by atoms with Crippen LogP contribution in [-0.2, 0) is 7.05 Å². The molecule has 0 aliphatic carbocycles. The standard InChI is InChI=1S/C15H14BrN5O2/c1-9-12(18-14(22)13-11(16)8-17-19-13)15(23)21(20(9)2)10-6-4-3-5-7-10/h3-8H,1-2H3,(H,17,19)(H,18,22). The van der Waals surface area contributed by atoms with Crippen LogP contribution in [0.5, 0.6) is 0 Å². The molecule has 0 radical (unpaired) electrons. The summed E-state index contributed by atoms with van der Waals surface area (Å²) in [7, 11) is 1.77. The molecule has 3 rings (SSSR count). The number of para-hydroxylation sites is 1. The number of nitrogens with zero attached hydrogens (tertiary/aromatic N) is 3. The molecule has 0 bridgehead atoms. The lowest BCUT2D eigenvalue weighted by Crippen LogP contribution is -2.23. The number of benzene rings is 1. The summed E-state index contributed by atoms with van der Waals surface area (Å²) in [5, 5.41) is 9.03. The van der Waals surface area contributed by atoms with Gasteiger partial charge in [-0.05, 0) is 35.0 Å². The first-order valence-corrected chi connectivity index (χ1v) is 7.64. The molecule has 2 heterocycles. The van der Waals surface area contributed by atoms with Crippen LogP contribution < -0.4 is 10.9 Å². The van der Waals surface area contributed by atoms with Gasteiger partial charge in [-0.3, -0.25) is 19.4 Å². The van der Waals surface area contributed by atoms with Crippen molar-refractivity contribution in [1.29, 1.82) is 0 Å². The summed E-state index contributed by atoms with van der Waals surface area (Å²) >= 11 is 3.23. The molecule has 2 N–H and O–H groups in total. The number of rotatable bonds is 3. The molecule has 8 heteroatoms. The number of hydrogen-bond acceptors (Lipinski definition) is 3. The number of nitrogens with one attached hydrogen (secondary N) is 2. The molecule has 1 amide bonds. The molecular weight excluding hydrogens is 362 g/mol. The summed E-state index contributed by atoms with van der Waals surface area (Å²) in [6.45, 7) is 1.78. The highest BCUT2D eigenvalue weighted by Gasteiger charge is 2.20. The Bertz CT molecular complexity index is 923. The fourth-order valence-corrected chi connectivity index (χ4v) is 2.69. The van der Waals surface area contributed by atoms with E-state index in [1.54, 1.807) is 18.7 Å². The van der Waals surface area contributed by atoms with E-state index in [-0.39, 0.29) is 16.9 Å². The Morgan fingerprint density at radius 1 is 1.30 bits per heavy atom. The van der Waals surface area contributed by atoms with Crippen LogP contribution in [0.25, 0.3) is 5.69 Å². The first-order chi connectivity index (χ1) is 11.0. The smallest absolute Gasteiger partial charge is 0.295 e. The Balaban J connectivity index is 2.03. The summed E-state index contributed by atoms with van der Waals surface area (Å²) in [6.07, 6.45) is 1.48. The molecule has 0 unspecified atom stereocenters. The molecule has 2 aromatic heterocycles. The number of carbonyl (C=O) groups excluding carboxylic acids is 1. The topological polar surface area (TPSA) is 84.7 Å². The number of halogens is 1. The fourth-order valence-electron chi connectivity index (χ4n) is 2.32. The Morgan fingerprint density at radius 2 is 2.00 bits per heavy atom. The largest absolute Gasteiger partial charge is 0.314 e. The minimum atomic E-state index is -0.430. The highest BCUT2D eigenvalue weighted by molar-refractivity contribution is 9.10. The average molecular weight is 376 g/mol. The van der Waals surface area contributed by atoms with Gasteiger partial charge in [-0.25, -0.2) is 4.68 Å². The van der Waals surface area contributed by atoms with E-state index in [0.29, 0.717) is 10.2 Å². The Kier molecular flexibility index (Phi) is 3.91. The first-order valence-electron chi connectivity index (χ1n) is 6.85. The van der Waals surface area contributed by atoms with Gasteiger partial charge in [0.05, 0.1) is 22.1 Å². The van der Waals surface area contributed by atoms with Gasteiger partial charge in [0.25, 0.3) is 11.5 Å². The molecule has 0 aliphatic rings. The van der Waals surface area contributed by atoms with Crippen molar-refractivity contribution in [3.63, 3.8) is 0 Å². The van der Waals surface area contributed by atoms with E-state index in [4.69, 9.17) is 0 Å². The van der Waals surface area contributed by atoms with Crippen LogP contribution in [0.4, 0.5) is 5.69 Å². The zero-order valence-electron chi connectivity index (χ0n) is 12.5. The van der Waals surface area contributed by atoms with Gasteiger partial charge in [0.15, 0.2) is 0 Å². The summed E-state index contributed by atoms with van der Waals surface area (Å²) in [6, 6.07) is 9.24. The highest BCUT2D eigenvalue weighted by atomic mass is 79.9. The number of amides is 1. The summed E-state index contributed by atoms with van der Waals surface area (Å²) < 4.78 is 3.74. The van der Waals surface area contributed by atoms with Crippen LogP contribution in [-0.4, -0.2) is 25.5 Å². The van der Waals surface area contributed by atoms with Crippen molar-refractivity contribution in [2.75, 3.05) is 5.32 Å². The van der Waals surface area contributed by atoms with E-state index < -0.39 is 5.91 Å². The lowest BCUT2D eigenvalue weighted by Gasteiger charge is -2.07. The SMILES string of the molecule is Cc1c(NC(=O)c2[nH]ncc2Br)c(=O)n(-c2ccccc2)n1C. The molecule has 3 aromatic rings. The number of anilines is 1. The predicted molar refractivity (Wildman–Crippen MR) is 90.0 cm³/mol. The number of hydrogen-bond donors (Lipinski definition) is 2. The molecule has 0 fully saturated rings. The van der Waals surface area contributed by atoms with E-state index in [1.165, 1.54) is 10.9 Å². The average Bonchev–Trinajstić information content (AvgIpc) is 3.06. The second kappa shape index (κ2) is 5.88. The molecule has 23 heavy (non-hydrogen) atoms. The van der Waals surface area contributed by atoms with Crippen LogP contribution in [0, 0.1) is 6.92 Å². The van der Waals surface area contributed by atoms with E-state index in [0.717, 1.165) is 5.69 Å². The molecule has 7 nitrogen and oxygen atoms in total. The number of aromatic amines is 1. The third kappa shape index (κ3) is 2.61. The van der Waals surface area contributed by atoms with E-state index in [1.807, 2.05) is 30.3 Å². The molecule has 0 saturated carbocycles. The molecule has 118 valence electrons. The van der Waals surface area contributed by atoms with Crippen molar-refractivity contribution >= 4 is 27.5 Å². The lowest BCUT2D eigenvalue weighted by molar-refractivity contribution is 0.102. The monoisotopic (exact) mass is 375 g/mol. The third-order valence-corrected chi connectivity index (χ3v) is 4.21. The minimum Gasteiger partial charge on any atom is -0.314 e. The summed E-state index contributed by atoms with van der Waals surface area (Å²) in [5.41, 5.74) is 1.59. The second-order valence-corrected chi connectivity index (χ2v) is 5.84. The van der Waals surface area contributed by atoms with Gasteiger partial charge in [-0.15, -0.1) is 0 Å². The molecular formula is C15H14BrN5O2. The normalized spacial score (nSPS) is 10.7. The molecule has 0 aliphatic heterocycles. The molecule has 0 atom stereocenters. The second-order valence-electron chi connectivity index (χ2n) is 4.98. The van der Waals surface area contributed by atoms with E-state index in [9.17, 15) is 9.59 Å². The Hall–Kier alpha value is -2.61. The van der Waals surface area contributed by atoms with Crippen LogP contribution in [0.2, 0.25) is 0 Å². The fraction of sp³-hybridized carbons (Fsp3) is 0.133. The maximum Gasteiger partial charge on any atom is 0.295 e. The van der Waals surface area contributed by atoms with Gasteiger partial charge in [0.1, 0.15) is 11.4 Å². The van der Waals surface area contributed by atoms with Crippen molar-refractivity contribution in [2.45, 2.75) is 6.92 Å². The van der Waals surface area contributed by atoms with Gasteiger partial charge in [-0.2, -0.15) is 5.10 Å². The highest BCUT2D eigenvalue weighted by Crippen LogP contribution is 2.17. The Morgan fingerprint density at radius 3 is 2.61 bits per heavy atom. The maximum atomic E-state index is 12.7. The van der Waals surface area contributed by atoms with E-state index >= 15 is 0 Å². The van der Waals surface area contributed by atoms with Gasteiger partial charge >= 0.3 is 0 Å². The maximum absolute atomic E-state index is 12.7. The van der Waals surface area contributed by atoms with Gasteiger partial charge < -0.3 is 5.32 Å². The number of carbonyl (C=O) groups is 1. The molecule has 0 saturated heterocycles. The zero-order valence-corrected chi connectivity index (χ0v) is 14.1. The van der Waals surface area contributed by atoms with Crippen molar-refractivity contribution in [3.8, 4) is 5.69 Å². The van der Waals surface area contributed by atoms with Gasteiger partial charge in [0.2, 0.25) is 0 Å². The Labute approximate surface area is 140 Å². The quantitative estimate of drug-likeness (QED) is 0.735. The van der Waals surface area contributed by atoms with Gasteiger partial charge in [0, 0.05) is 7.05 Å². The van der Waals surface area contributed by atoms with Crippen LogP contribution in [0.3, 0.4) is 0 Å². The summed E-state index contributed by atoms with van der Waals surface area (Å²) in [5.74, 6) is -0.430. The van der Waals surface area contributed by atoms with Crippen molar-refractivity contribution in [1.82, 2.24) is 19.6 Å². The lowest BCUT2D eigenvalue weighted by atomic mass is 10.3. The van der Waals surface area contributed by atoms with Crippen molar-refractivity contribution in [3.05, 3.63) is 62.7 Å².